The van der Waals surface area contributed by atoms with E-state index in [9.17, 15) is 14.3 Å². The molecule has 1 N–H and O–H groups in total. The van der Waals surface area contributed by atoms with Crippen LogP contribution in [-0.2, 0) is 9.53 Å². The molecule has 2 aliphatic heterocycles. The molecule has 0 saturated carbocycles. The average molecular weight is 293 g/mol. The van der Waals surface area contributed by atoms with E-state index in [1.54, 1.807) is 12.1 Å². The van der Waals surface area contributed by atoms with E-state index in [1.165, 1.54) is 19.2 Å². The van der Waals surface area contributed by atoms with E-state index in [-0.39, 0.29) is 35.7 Å². The number of likely N-dealkylation sites (N-methyl/N-ethyl adjacent to an activating group) is 1. The highest BCUT2D eigenvalue weighted by molar-refractivity contribution is 5.75. The fourth-order valence-electron chi connectivity index (χ4n) is 4.00. The number of nitrogens with zero attached hydrogens (tertiary/aromatic N) is 1. The molecule has 0 spiro atoms. The van der Waals surface area contributed by atoms with E-state index < -0.39 is 6.10 Å². The Bertz CT molecular complexity index is 533. The first-order valence-corrected chi connectivity index (χ1v) is 7.26. The molecule has 0 aromatic heterocycles. The molecule has 5 heteroatoms. The largest absolute Gasteiger partial charge is 0.469 e. The molecule has 3 rings (SSSR count). The van der Waals surface area contributed by atoms with Crippen molar-refractivity contribution in [3.63, 3.8) is 0 Å². The summed E-state index contributed by atoms with van der Waals surface area (Å²) in [5.41, 5.74) is 0.934. The number of carbonyl (C=O) groups is 1. The first kappa shape index (κ1) is 14.5. The van der Waals surface area contributed by atoms with Crippen LogP contribution in [0.3, 0.4) is 0 Å². The Labute approximate surface area is 123 Å². The zero-order valence-corrected chi connectivity index (χ0v) is 12.2. The van der Waals surface area contributed by atoms with E-state index >= 15 is 0 Å². The summed E-state index contributed by atoms with van der Waals surface area (Å²) in [5, 5.41) is 10.2. The van der Waals surface area contributed by atoms with Gasteiger partial charge in [0.1, 0.15) is 5.82 Å². The molecule has 2 fully saturated rings. The number of esters is 1. The zero-order chi connectivity index (χ0) is 15.1. The molecule has 114 valence electrons. The van der Waals surface area contributed by atoms with Gasteiger partial charge in [0.05, 0.1) is 19.1 Å². The quantitative estimate of drug-likeness (QED) is 0.840. The molecule has 5 atom stereocenters. The number of piperidine rings is 1. The van der Waals surface area contributed by atoms with Gasteiger partial charge in [-0.15, -0.1) is 0 Å². The molecule has 1 aromatic carbocycles. The van der Waals surface area contributed by atoms with Crippen LogP contribution in [0, 0.1) is 11.7 Å². The number of carbonyl (C=O) groups excluding carboxylic acids is 1. The van der Waals surface area contributed by atoms with Gasteiger partial charge >= 0.3 is 5.97 Å². The molecule has 0 unspecified atom stereocenters. The van der Waals surface area contributed by atoms with E-state index in [1.807, 2.05) is 7.05 Å². The summed E-state index contributed by atoms with van der Waals surface area (Å²) in [7, 11) is 3.34. The first-order chi connectivity index (χ1) is 10.0. The minimum atomic E-state index is -0.419. The minimum Gasteiger partial charge on any atom is -0.469 e. The number of halogens is 1. The van der Waals surface area contributed by atoms with Crippen molar-refractivity contribution in [3.8, 4) is 0 Å². The van der Waals surface area contributed by atoms with Crippen molar-refractivity contribution in [1.29, 1.82) is 0 Å². The summed E-state index contributed by atoms with van der Waals surface area (Å²) < 4.78 is 18.1. The Morgan fingerprint density at radius 3 is 2.57 bits per heavy atom. The van der Waals surface area contributed by atoms with E-state index in [4.69, 9.17) is 4.74 Å². The molecular formula is C16H20FNO3. The third-order valence-corrected chi connectivity index (χ3v) is 5.09. The summed E-state index contributed by atoms with van der Waals surface area (Å²) in [6.45, 7) is 0. The number of ether oxygens (including phenoxy) is 1. The average Bonchev–Trinajstić information content (AvgIpc) is 2.66. The monoisotopic (exact) mass is 293 g/mol. The maximum absolute atomic E-state index is 13.1. The molecule has 21 heavy (non-hydrogen) atoms. The van der Waals surface area contributed by atoms with Gasteiger partial charge in [-0.2, -0.15) is 0 Å². The van der Waals surface area contributed by atoms with E-state index in [0.717, 1.165) is 5.56 Å². The molecule has 0 radical (unpaired) electrons. The fraction of sp³-hybridized carbons (Fsp3) is 0.562. The van der Waals surface area contributed by atoms with Crippen molar-refractivity contribution in [3.05, 3.63) is 35.6 Å². The highest BCUT2D eigenvalue weighted by Gasteiger charge is 2.53. The first-order valence-electron chi connectivity index (χ1n) is 7.26. The third kappa shape index (κ3) is 2.34. The number of rotatable bonds is 2. The summed E-state index contributed by atoms with van der Waals surface area (Å²) >= 11 is 0. The second kappa shape index (κ2) is 5.39. The maximum Gasteiger partial charge on any atom is 0.310 e. The van der Waals surface area contributed by atoms with Crippen LogP contribution in [0.25, 0.3) is 0 Å². The van der Waals surface area contributed by atoms with Crippen molar-refractivity contribution in [2.75, 3.05) is 14.2 Å². The smallest absolute Gasteiger partial charge is 0.310 e. The van der Waals surface area contributed by atoms with Gasteiger partial charge in [-0.1, -0.05) is 12.1 Å². The number of benzene rings is 1. The number of fused-ring (bicyclic) bond motifs is 2. The number of aliphatic hydroxyl groups is 1. The van der Waals surface area contributed by atoms with E-state index in [0.29, 0.717) is 12.8 Å². The maximum atomic E-state index is 13.1. The van der Waals surface area contributed by atoms with Crippen molar-refractivity contribution < 1.29 is 19.0 Å². The Kier molecular flexibility index (Phi) is 3.71. The predicted molar refractivity (Wildman–Crippen MR) is 75.2 cm³/mol. The van der Waals surface area contributed by atoms with Gasteiger partial charge in [0.2, 0.25) is 0 Å². The second-order valence-corrected chi connectivity index (χ2v) is 6.05. The van der Waals surface area contributed by atoms with Crippen LogP contribution in [0.5, 0.6) is 0 Å². The molecule has 2 saturated heterocycles. The second-order valence-electron chi connectivity index (χ2n) is 6.05. The number of hydrogen-bond donors (Lipinski definition) is 1. The van der Waals surface area contributed by atoms with Gasteiger partial charge in [-0.25, -0.2) is 4.39 Å². The Morgan fingerprint density at radius 1 is 1.29 bits per heavy atom. The van der Waals surface area contributed by atoms with Crippen LogP contribution >= 0.6 is 0 Å². The molecule has 2 bridgehead atoms. The molecule has 1 aromatic rings. The van der Waals surface area contributed by atoms with Crippen molar-refractivity contribution >= 4 is 5.97 Å². The fourth-order valence-corrected chi connectivity index (χ4v) is 4.00. The molecule has 4 nitrogen and oxygen atoms in total. The molecule has 0 amide bonds. The Morgan fingerprint density at radius 2 is 1.95 bits per heavy atom. The van der Waals surface area contributed by atoms with Gasteiger partial charge in [-0.05, 0) is 37.6 Å². The summed E-state index contributed by atoms with van der Waals surface area (Å²) in [4.78, 5) is 14.3. The van der Waals surface area contributed by atoms with Crippen LogP contribution < -0.4 is 0 Å². The van der Waals surface area contributed by atoms with Crippen LogP contribution in [0.4, 0.5) is 4.39 Å². The minimum absolute atomic E-state index is 0.0266. The highest BCUT2D eigenvalue weighted by atomic mass is 19.1. The van der Waals surface area contributed by atoms with Crippen molar-refractivity contribution in [2.45, 2.75) is 36.9 Å². The molecular weight excluding hydrogens is 273 g/mol. The van der Waals surface area contributed by atoms with Crippen LogP contribution in [-0.4, -0.2) is 48.3 Å². The highest BCUT2D eigenvalue weighted by Crippen LogP contribution is 2.46. The summed E-state index contributed by atoms with van der Waals surface area (Å²) in [6, 6.07) is 6.31. The van der Waals surface area contributed by atoms with Crippen molar-refractivity contribution in [2.24, 2.45) is 5.92 Å². The lowest BCUT2D eigenvalue weighted by atomic mass is 9.76. The third-order valence-electron chi connectivity index (χ3n) is 5.09. The van der Waals surface area contributed by atoms with Gasteiger partial charge < -0.3 is 9.84 Å². The normalized spacial score (nSPS) is 35.7. The zero-order valence-electron chi connectivity index (χ0n) is 12.2. The van der Waals surface area contributed by atoms with Crippen LogP contribution in [0.2, 0.25) is 0 Å². The predicted octanol–water partition coefficient (Wildman–Crippen LogP) is 1.54. The SMILES string of the molecule is COC(=O)[C@@H]1[C@H]2C[C@H](O)[C@H](C[C@H]1c1ccc(F)cc1)N2C. The Hall–Kier alpha value is -1.46. The standard InChI is InChI=1S/C16H20FNO3/c1-18-12-7-11(9-3-5-10(17)6-4-9)15(16(20)21-2)13(18)8-14(12)19/h3-6,11-15,19H,7-8H2,1-2H3/t11-,12-,13+,14-,15-/m0/s1. The van der Waals surface area contributed by atoms with Crippen LogP contribution in [0.15, 0.2) is 24.3 Å². The summed E-state index contributed by atoms with van der Waals surface area (Å²) in [5.74, 6) is -0.904. The summed E-state index contributed by atoms with van der Waals surface area (Å²) in [6.07, 6.45) is 0.843. The Balaban J connectivity index is 1.97. The lowest BCUT2D eigenvalue weighted by molar-refractivity contribution is -0.150. The van der Waals surface area contributed by atoms with Gasteiger partial charge in [0.25, 0.3) is 0 Å². The van der Waals surface area contributed by atoms with Gasteiger partial charge in [0, 0.05) is 18.0 Å². The van der Waals surface area contributed by atoms with Gasteiger partial charge in [0.15, 0.2) is 0 Å². The number of hydrogen-bond acceptors (Lipinski definition) is 4. The van der Waals surface area contributed by atoms with Gasteiger partial charge in [-0.3, -0.25) is 9.69 Å². The van der Waals surface area contributed by atoms with Crippen LogP contribution in [0.1, 0.15) is 24.3 Å². The van der Waals surface area contributed by atoms with Crippen molar-refractivity contribution in [1.82, 2.24) is 4.90 Å². The topological polar surface area (TPSA) is 49.8 Å². The lowest BCUT2D eigenvalue weighted by Crippen LogP contribution is -2.49. The van der Waals surface area contributed by atoms with E-state index in [2.05, 4.69) is 4.90 Å². The number of aliphatic hydroxyl groups excluding tert-OH is 1. The molecule has 2 aliphatic rings. The lowest BCUT2D eigenvalue weighted by Gasteiger charge is -2.41. The molecule has 2 heterocycles. The molecule has 0 aliphatic carbocycles. The number of methoxy groups -OCH3 is 1.